The maximum Gasteiger partial charge on any atom is 0.241 e. The van der Waals surface area contributed by atoms with Crippen molar-refractivity contribution in [2.24, 2.45) is 0 Å². The Kier molecular flexibility index (Phi) is 3.21. The van der Waals surface area contributed by atoms with Crippen molar-refractivity contribution >= 4 is 32.0 Å². The Bertz CT molecular complexity index is 1080. The van der Waals surface area contributed by atoms with Crippen LogP contribution in [0, 0.1) is 0 Å². The van der Waals surface area contributed by atoms with E-state index in [9.17, 15) is 8.42 Å². The van der Waals surface area contributed by atoms with Crippen LogP contribution < -0.4 is 4.72 Å². The van der Waals surface area contributed by atoms with E-state index in [-0.39, 0.29) is 11.4 Å². The fraction of sp³-hybridized carbons (Fsp3) is 0.0588. The van der Waals surface area contributed by atoms with E-state index in [4.69, 9.17) is 8.83 Å². The second-order valence-corrected chi connectivity index (χ2v) is 6.93. The van der Waals surface area contributed by atoms with Gasteiger partial charge >= 0.3 is 0 Å². The molecule has 0 aliphatic heterocycles. The zero-order valence-corrected chi connectivity index (χ0v) is 12.8. The molecule has 5 nitrogen and oxygen atoms in total. The number of fused-ring (bicyclic) bond motifs is 3. The van der Waals surface area contributed by atoms with Gasteiger partial charge in [-0.3, -0.25) is 0 Å². The van der Waals surface area contributed by atoms with Crippen LogP contribution in [0.4, 0.5) is 0 Å². The van der Waals surface area contributed by atoms with Gasteiger partial charge in [0.15, 0.2) is 0 Å². The van der Waals surface area contributed by atoms with E-state index in [2.05, 4.69) is 4.72 Å². The lowest BCUT2D eigenvalue weighted by Crippen LogP contribution is -2.22. The Labute approximate surface area is 132 Å². The van der Waals surface area contributed by atoms with E-state index in [0.717, 1.165) is 16.4 Å². The fourth-order valence-corrected chi connectivity index (χ4v) is 3.55. The molecule has 4 rings (SSSR count). The lowest BCUT2D eigenvalue weighted by molar-refractivity contribution is 0.498. The summed E-state index contributed by atoms with van der Waals surface area (Å²) in [6.07, 6.45) is 1.51. The Balaban J connectivity index is 1.74. The quantitative estimate of drug-likeness (QED) is 0.621. The summed E-state index contributed by atoms with van der Waals surface area (Å²) in [5, 5.41) is 1.67. The summed E-state index contributed by atoms with van der Waals surface area (Å²) >= 11 is 0. The molecule has 4 aromatic rings. The number of hydrogen-bond acceptors (Lipinski definition) is 4. The summed E-state index contributed by atoms with van der Waals surface area (Å²) in [6.45, 7) is 0.111. The number of rotatable bonds is 4. The van der Waals surface area contributed by atoms with Gasteiger partial charge in [0, 0.05) is 10.8 Å². The third-order valence-corrected chi connectivity index (χ3v) is 5.07. The molecule has 6 heteroatoms. The molecule has 116 valence electrons. The summed E-state index contributed by atoms with van der Waals surface area (Å²) < 4.78 is 38.3. The highest BCUT2D eigenvalue weighted by Crippen LogP contribution is 2.30. The van der Waals surface area contributed by atoms with Crippen LogP contribution in [0.2, 0.25) is 0 Å². The molecule has 2 aromatic carbocycles. The smallest absolute Gasteiger partial charge is 0.241 e. The van der Waals surface area contributed by atoms with Gasteiger partial charge in [-0.1, -0.05) is 18.2 Å². The highest BCUT2D eigenvalue weighted by molar-refractivity contribution is 7.89. The summed E-state index contributed by atoms with van der Waals surface area (Å²) in [6, 6.07) is 15.8. The van der Waals surface area contributed by atoms with Crippen LogP contribution in [0.1, 0.15) is 5.76 Å². The highest BCUT2D eigenvalue weighted by Gasteiger charge is 2.17. The molecule has 2 aromatic heterocycles. The molecule has 1 N–H and O–H groups in total. The van der Waals surface area contributed by atoms with E-state index in [1.54, 1.807) is 24.3 Å². The number of para-hydroxylation sites is 1. The first kappa shape index (κ1) is 14.0. The fourth-order valence-electron chi connectivity index (χ4n) is 2.53. The topological polar surface area (TPSA) is 72.5 Å². The molecule has 0 saturated heterocycles. The number of hydrogen-bond donors (Lipinski definition) is 1. The summed E-state index contributed by atoms with van der Waals surface area (Å²) in [5.41, 5.74) is 1.40. The third-order valence-electron chi connectivity index (χ3n) is 3.67. The van der Waals surface area contributed by atoms with Gasteiger partial charge in [-0.15, -0.1) is 0 Å². The highest BCUT2D eigenvalue weighted by atomic mass is 32.2. The van der Waals surface area contributed by atoms with E-state index in [1.807, 2.05) is 24.3 Å². The normalized spacial score (nSPS) is 12.2. The maximum atomic E-state index is 12.4. The van der Waals surface area contributed by atoms with Crippen molar-refractivity contribution in [3.63, 3.8) is 0 Å². The first-order valence-electron chi connectivity index (χ1n) is 7.07. The molecule has 0 aliphatic rings. The standard InChI is InChI=1S/C17H13NO4S/c19-23(20,18-11-12-4-3-9-21-12)13-7-8-17-15(10-13)14-5-1-2-6-16(14)22-17/h1-10,18H,11H2. The zero-order valence-electron chi connectivity index (χ0n) is 12.0. The molecule has 0 radical (unpaired) electrons. The van der Waals surface area contributed by atoms with Crippen LogP contribution in [0.5, 0.6) is 0 Å². The number of sulfonamides is 1. The van der Waals surface area contributed by atoms with Crippen LogP contribution in [0.25, 0.3) is 21.9 Å². The van der Waals surface area contributed by atoms with E-state index >= 15 is 0 Å². The number of nitrogens with one attached hydrogen (secondary N) is 1. The third kappa shape index (κ3) is 2.52. The van der Waals surface area contributed by atoms with Gasteiger partial charge in [-0.2, -0.15) is 0 Å². The summed E-state index contributed by atoms with van der Waals surface area (Å²) in [5.74, 6) is 0.559. The predicted octanol–water partition coefficient (Wildman–Crippen LogP) is 3.66. The second kappa shape index (κ2) is 5.26. The molecule has 0 saturated carbocycles. The van der Waals surface area contributed by atoms with Gasteiger partial charge in [0.25, 0.3) is 0 Å². The average Bonchev–Trinajstić information content (AvgIpc) is 3.20. The van der Waals surface area contributed by atoms with Gasteiger partial charge < -0.3 is 8.83 Å². The Morgan fingerprint density at radius 2 is 1.74 bits per heavy atom. The lowest BCUT2D eigenvalue weighted by atomic mass is 10.1. The monoisotopic (exact) mass is 327 g/mol. The van der Waals surface area contributed by atoms with Crippen LogP contribution >= 0.6 is 0 Å². The number of benzene rings is 2. The van der Waals surface area contributed by atoms with E-state index in [0.29, 0.717) is 11.3 Å². The first-order chi connectivity index (χ1) is 11.1. The van der Waals surface area contributed by atoms with Crippen molar-refractivity contribution in [2.45, 2.75) is 11.4 Å². The van der Waals surface area contributed by atoms with Crippen molar-refractivity contribution in [1.29, 1.82) is 0 Å². The van der Waals surface area contributed by atoms with Gasteiger partial charge in [0.2, 0.25) is 10.0 Å². The van der Waals surface area contributed by atoms with Gasteiger partial charge in [-0.05, 0) is 36.4 Å². The van der Waals surface area contributed by atoms with Crippen LogP contribution in [0.3, 0.4) is 0 Å². The largest absolute Gasteiger partial charge is 0.468 e. The maximum absolute atomic E-state index is 12.4. The van der Waals surface area contributed by atoms with Crippen molar-refractivity contribution in [2.75, 3.05) is 0 Å². The zero-order chi connectivity index (χ0) is 15.9. The molecular formula is C17H13NO4S. The van der Waals surface area contributed by atoms with Gasteiger partial charge in [-0.25, -0.2) is 13.1 Å². The Morgan fingerprint density at radius 1 is 0.913 bits per heavy atom. The van der Waals surface area contributed by atoms with E-state index < -0.39 is 10.0 Å². The molecule has 0 unspecified atom stereocenters. The van der Waals surface area contributed by atoms with Crippen LogP contribution in [-0.4, -0.2) is 8.42 Å². The summed E-state index contributed by atoms with van der Waals surface area (Å²) in [4.78, 5) is 0.197. The molecule has 0 bridgehead atoms. The Morgan fingerprint density at radius 3 is 2.57 bits per heavy atom. The minimum Gasteiger partial charge on any atom is -0.468 e. The second-order valence-electron chi connectivity index (χ2n) is 5.16. The SMILES string of the molecule is O=S(=O)(NCc1ccco1)c1ccc2oc3ccccc3c2c1. The Hall–Kier alpha value is -2.57. The van der Waals surface area contributed by atoms with Crippen molar-refractivity contribution in [1.82, 2.24) is 4.72 Å². The van der Waals surface area contributed by atoms with Gasteiger partial charge in [0.1, 0.15) is 16.9 Å². The molecule has 23 heavy (non-hydrogen) atoms. The molecule has 0 amide bonds. The van der Waals surface area contributed by atoms with Gasteiger partial charge in [0.05, 0.1) is 17.7 Å². The predicted molar refractivity (Wildman–Crippen MR) is 86.5 cm³/mol. The molecule has 0 fully saturated rings. The lowest BCUT2D eigenvalue weighted by Gasteiger charge is -2.05. The van der Waals surface area contributed by atoms with Crippen molar-refractivity contribution < 1.29 is 17.3 Å². The molecule has 0 atom stereocenters. The minimum atomic E-state index is -3.63. The average molecular weight is 327 g/mol. The molecule has 0 spiro atoms. The number of furan rings is 2. The minimum absolute atomic E-state index is 0.111. The first-order valence-corrected chi connectivity index (χ1v) is 8.55. The van der Waals surface area contributed by atoms with E-state index in [1.165, 1.54) is 12.3 Å². The van der Waals surface area contributed by atoms with Crippen molar-refractivity contribution in [3.8, 4) is 0 Å². The summed E-state index contributed by atoms with van der Waals surface area (Å²) in [7, 11) is -3.63. The van der Waals surface area contributed by atoms with Crippen LogP contribution in [0.15, 0.2) is 74.6 Å². The molecule has 2 heterocycles. The molecule has 0 aliphatic carbocycles. The van der Waals surface area contributed by atoms with Crippen molar-refractivity contribution in [3.05, 3.63) is 66.6 Å². The molecular weight excluding hydrogens is 314 g/mol. The van der Waals surface area contributed by atoms with Crippen LogP contribution in [-0.2, 0) is 16.6 Å².